The number of amides is 2. The lowest BCUT2D eigenvalue weighted by atomic mass is 10.0. The second-order valence-electron chi connectivity index (χ2n) is 8.66. The van der Waals surface area contributed by atoms with Gasteiger partial charge in [0.1, 0.15) is 6.04 Å². The average Bonchev–Trinajstić information content (AvgIpc) is 2.82. The normalized spacial score (nSPS) is 11.8. The molecule has 0 unspecified atom stereocenters. The highest BCUT2D eigenvalue weighted by Crippen LogP contribution is 2.19. The molecule has 0 aliphatic heterocycles. The summed E-state index contributed by atoms with van der Waals surface area (Å²) in [5.41, 5.74) is 4.12. The smallest absolute Gasteiger partial charge is 0.243 e. The molecule has 33 heavy (non-hydrogen) atoms. The summed E-state index contributed by atoms with van der Waals surface area (Å²) in [6.45, 7) is 6.51. The number of nitrogens with one attached hydrogen (secondary N) is 1. The number of hydrogen-bond acceptors (Lipinski definition) is 2. The highest BCUT2D eigenvalue weighted by atomic mass is 35.5. The van der Waals surface area contributed by atoms with Gasteiger partial charge >= 0.3 is 0 Å². The molecule has 1 N–H and O–H groups in total. The lowest BCUT2D eigenvalue weighted by Gasteiger charge is -2.33. The number of benzene rings is 3. The molecule has 5 heteroatoms. The quantitative estimate of drug-likeness (QED) is 0.452. The van der Waals surface area contributed by atoms with E-state index in [2.05, 4.69) is 5.32 Å². The van der Waals surface area contributed by atoms with Crippen molar-refractivity contribution in [3.63, 3.8) is 0 Å². The Morgan fingerprint density at radius 2 is 1.45 bits per heavy atom. The van der Waals surface area contributed by atoms with E-state index in [0.717, 1.165) is 16.7 Å². The van der Waals surface area contributed by atoms with Crippen LogP contribution in [0.5, 0.6) is 0 Å². The van der Waals surface area contributed by atoms with Gasteiger partial charge in [-0.2, -0.15) is 0 Å². The maximum atomic E-state index is 13.5. The highest BCUT2D eigenvalue weighted by Gasteiger charge is 2.31. The molecule has 3 rings (SSSR count). The minimum absolute atomic E-state index is 0.0589. The molecule has 172 valence electrons. The van der Waals surface area contributed by atoms with Gasteiger partial charge in [-0.1, -0.05) is 97.7 Å². The fourth-order valence-corrected chi connectivity index (χ4v) is 3.78. The highest BCUT2D eigenvalue weighted by molar-refractivity contribution is 6.30. The molecule has 2 amide bonds. The predicted octanol–water partition coefficient (Wildman–Crippen LogP) is 5.56. The van der Waals surface area contributed by atoms with E-state index in [9.17, 15) is 9.59 Å². The van der Waals surface area contributed by atoms with E-state index in [1.54, 1.807) is 17.0 Å². The molecule has 0 spiro atoms. The zero-order chi connectivity index (χ0) is 23.8. The Morgan fingerprint density at radius 3 is 2.06 bits per heavy atom. The Labute approximate surface area is 201 Å². The van der Waals surface area contributed by atoms with Gasteiger partial charge in [-0.05, 0) is 35.7 Å². The van der Waals surface area contributed by atoms with Crippen LogP contribution in [0.4, 0.5) is 0 Å². The van der Waals surface area contributed by atoms with Gasteiger partial charge in [0.15, 0.2) is 0 Å². The van der Waals surface area contributed by atoms with Crippen LogP contribution in [0.2, 0.25) is 5.02 Å². The van der Waals surface area contributed by atoms with Crippen LogP contribution in [0.15, 0.2) is 78.9 Å². The summed E-state index contributed by atoms with van der Waals surface area (Å²) in [6.07, 6.45) is 0.437. The van der Waals surface area contributed by atoms with Crippen LogP contribution in [0.3, 0.4) is 0 Å². The van der Waals surface area contributed by atoms with Crippen molar-refractivity contribution in [2.24, 2.45) is 5.92 Å². The summed E-state index contributed by atoms with van der Waals surface area (Å²) in [5.74, 6) is -0.459. The third-order valence-electron chi connectivity index (χ3n) is 5.58. The summed E-state index contributed by atoms with van der Waals surface area (Å²) >= 11 is 6.05. The SMILES string of the molecule is Cc1ccc(CNC(=O)[C@@H](Cc2ccccc2)N(Cc2ccc(Cl)cc2)C(=O)C(C)C)cc1. The van der Waals surface area contributed by atoms with Crippen LogP contribution in [0.1, 0.15) is 36.1 Å². The maximum absolute atomic E-state index is 13.5. The van der Waals surface area contributed by atoms with Crippen molar-refractivity contribution < 1.29 is 9.59 Å². The molecule has 0 heterocycles. The van der Waals surface area contributed by atoms with Crippen LogP contribution in [0, 0.1) is 12.8 Å². The molecule has 0 bridgehead atoms. The van der Waals surface area contributed by atoms with Gasteiger partial charge in [-0.3, -0.25) is 9.59 Å². The van der Waals surface area contributed by atoms with Gasteiger partial charge in [0, 0.05) is 30.5 Å². The number of nitrogens with zero attached hydrogens (tertiary/aromatic N) is 1. The second-order valence-corrected chi connectivity index (χ2v) is 9.09. The van der Waals surface area contributed by atoms with Crippen LogP contribution < -0.4 is 5.32 Å². The van der Waals surface area contributed by atoms with Crippen LogP contribution >= 0.6 is 11.6 Å². The molecule has 0 fully saturated rings. The molecular weight excluding hydrogens is 432 g/mol. The molecule has 0 saturated carbocycles. The topological polar surface area (TPSA) is 49.4 Å². The average molecular weight is 463 g/mol. The maximum Gasteiger partial charge on any atom is 0.243 e. The molecule has 0 aliphatic carbocycles. The van der Waals surface area contributed by atoms with E-state index in [1.807, 2.05) is 87.5 Å². The number of halogens is 1. The van der Waals surface area contributed by atoms with Crippen molar-refractivity contribution in [2.45, 2.75) is 46.3 Å². The third kappa shape index (κ3) is 7.19. The summed E-state index contributed by atoms with van der Waals surface area (Å²) < 4.78 is 0. The van der Waals surface area contributed by atoms with Crippen molar-refractivity contribution in [3.8, 4) is 0 Å². The third-order valence-corrected chi connectivity index (χ3v) is 5.83. The monoisotopic (exact) mass is 462 g/mol. The fraction of sp³-hybridized carbons (Fsp3) is 0.286. The molecule has 1 atom stereocenters. The number of rotatable bonds is 9. The summed E-state index contributed by atoms with van der Waals surface area (Å²) in [7, 11) is 0. The Kier molecular flexibility index (Phi) is 8.67. The number of carbonyl (C=O) groups is 2. The van der Waals surface area contributed by atoms with Gasteiger partial charge in [-0.25, -0.2) is 0 Å². The molecule has 4 nitrogen and oxygen atoms in total. The first kappa shape index (κ1) is 24.5. The van der Waals surface area contributed by atoms with Gasteiger partial charge in [0.25, 0.3) is 0 Å². The van der Waals surface area contributed by atoms with Crippen LogP contribution in [-0.2, 0) is 29.1 Å². The fourth-order valence-electron chi connectivity index (χ4n) is 3.65. The zero-order valence-corrected chi connectivity index (χ0v) is 20.2. The molecule has 0 saturated heterocycles. The summed E-state index contributed by atoms with van der Waals surface area (Å²) in [4.78, 5) is 28.5. The van der Waals surface area contributed by atoms with Crippen molar-refractivity contribution in [1.29, 1.82) is 0 Å². The molecule has 3 aromatic rings. The predicted molar refractivity (Wildman–Crippen MR) is 134 cm³/mol. The van der Waals surface area contributed by atoms with E-state index in [-0.39, 0.29) is 17.7 Å². The first-order valence-electron chi connectivity index (χ1n) is 11.3. The van der Waals surface area contributed by atoms with Crippen molar-refractivity contribution in [3.05, 3.63) is 106 Å². The lowest BCUT2D eigenvalue weighted by molar-refractivity contribution is -0.143. The summed E-state index contributed by atoms with van der Waals surface area (Å²) in [6, 6.07) is 24.6. The largest absolute Gasteiger partial charge is 0.350 e. The van der Waals surface area contributed by atoms with Gasteiger partial charge < -0.3 is 10.2 Å². The standard InChI is InChI=1S/C28H31ClN2O2/c1-20(2)28(33)31(19-24-13-15-25(29)16-14-24)26(17-22-7-5-4-6-8-22)27(32)30-18-23-11-9-21(3)10-12-23/h4-16,20,26H,17-19H2,1-3H3,(H,30,32)/t26-/m1/s1. The molecule has 3 aromatic carbocycles. The van der Waals surface area contributed by atoms with E-state index < -0.39 is 6.04 Å². The molecule has 0 aromatic heterocycles. The van der Waals surface area contributed by atoms with Gasteiger partial charge in [-0.15, -0.1) is 0 Å². The van der Waals surface area contributed by atoms with E-state index in [1.165, 1.54) is 5.56 Å². The van der Waals surface area contributed by atoms with E-state index >= 15 is 0 Å². The lowest BCUT2D eigenvalue weighted by Crippen LogP contribution is -2.51. The number of aryl methyl sites for hydroxylation is 1. The van der Waals surface area contributed by atoms with Crippen molar-refractivity contribution >= 4 is 23.4 Å². The van der Waals surface area contributed by atoms with Gasteiger partial charge in [0.05, 0.1) is 0 Å². The first-order valence-corrected chi connectivity index (χ1v) is 11.6. The van der Waals surface area contributed by atoms with Crippen molar-refractivity contribution in [1.82, 2.24) is 10.2 Å². The zero-order valence-electron chi connectivity index (χ0n) is 19.4. The van der Waals surface area contributed by atoms with Crippen LogP contribution in [-0.4, -0.2) is 22.8 Å². The Balaban J connectivity index is 1.88. The van der Waals surface area contributed by atoms with Crippen LogP contribution in [0.25, 0.3) is 0 Å². The molecule has 0 radical (unpaired) electrons. The Bertz CT molecular complexity index is 1050. The van der Waals surface area contributed by atoms with Crippen molar-refractivity contribution in [2.75, 3.05) is 0 Å². The molecule has 0 aliphatic rings. The number of carbonyl (C=O) groups excluding carboxylic acids is 2. The minimum atomic E-state index is -0.636. The van der Waals surface area contributed by atoms with E-state index in [0.29, 0.717) is 24.5 Å². The Morgan fingerprint density at radius 1 is 0.848 bits per heavy atom. The summed E-state index contributed by atoms with van der Waals surface area (Å²) in [5, 5.41) is 3.69. The van der Waals surface area contributed by atoms with E-state index in [4.69, 9.17) is 11.6 Å². The Hall–Kier alpha value is -3.11. The first-order chi connectivity index (χ1) is 15.8. The number of hydrogen-bond donors (Lipinski definition) is 1. The molecular formula is C28H31ClN2O2. The minimum Gasteiger partial charge on any atom is -0.350 e. The van der Waals surface area contributed by atoms with Gasteiger partial charge in [0.2, 0.25) is 11.8 Å². The second kappa shape index (κ2) is 11.7.